The maximum atomic E-state index is 13.5. The number of aliphatic hydroxyl groups excluding tert-OH is 1. The lowest BCUT2D eigenvalue weighted by Crippen LogP contribution is -2.67. The van der Waals surface area contributed by atoms with Crippen LogP contribution in [0.2, 0.25) is 0 Å². The normalized spacial score (nSPS) is 11.3. The molecule has 3 aromatic rings. The molecule has 0 saturated carbocycles. The number of amides is 1. The van der Waals surface area contributed by atoms with Gasteiger partial charge in [-0.05, 0) is 17.7 Å². The van der Waals surface area contributed by atoms with Gasteiger partial charge in [0.25, 0.3) is 0 Å². The standard InChI is InChI=1S/C23H22F2N4O4/c1-28(2)22(31)7-9-33-23(32)26-18-5-3-4-15(10-18)11-20-21(30)6-8-29(27-20)19-13-16(24)12-17(25)14-19/h3-6,8,10,12-14H,7,9,11H2,1-2H3,(H,26,32)/p+1. The van der Waals surface area contributed by atoms with Crippen LogP contribution in [0.3, 0.4) is 0 Å². The molecule has 1 amide bonds. The second-order valence-corrected chi connectivity index (χ2v) is 7.39. The van der Waals surface area contributed by atoms with E-state index in [1.54, 1.807) is 38.4 Å². The van der Waals surface area contributed by atoms with E-state index in [4.69, 9.17) is 4.74 Å². The summed E-state index contributed by atoms with van der Waals surface area (Å²) in [6.07, 6.45) is 1.13. The number of benzene rings is 2. The molecule has 2 N–H and O–H groups in total. The summed E-state index contributed by atoms with van der Waals surface area (Å²) in [5.74, 6) is -1.64. The van der Waals surface area contributed by atoms with Crippen LogP contribution in [0, 0.1) is 11.6 Å². The van der Waals surface area contributed by atoms with Crippen LogP contribution in [0.4, 0.5) is 14.5 Å². The number of ether oxygens (including phenoxy) is 1. The highest BCUT2D eigenvalue weighted by Crippen LogP contribution is 2.13. The highest BCUT2D eigenvalue weighted by Gasteiger charge is 2.12. The van der Waals surface area contributed by atoms with Crippen molar-refractivity contribution in [2.45, 2.75) is 12.8 Å². The summed E-state index contributed by atoms with van der Waals surface area (Å²) in [6, 6.07) is 11.1. The topological polar surface area (TPSA) is 98.6 Å². The first kappa shape index (κ1) is 23.6. The van der Waals surface area contributed by atoms with Crippen molar-refractivity contribution in [2.24, 2.45) is 0 Å². The molecule has 3 rings (SSSR count). The van der Waals surface area contributed by atoms with E-state index in [0.717, 1.165) is 18.2 Å². The number of hydrogen-bond acceptors (Lipinski definition) is 4. The Morgan fingerprint density at radius 2 is 1.88 bits per heavy atom. The first-order chi connectivity index (χ1) is 15.7. The molecular weight excluding hydrogens is 434 g/mol. The Morgan fingerprint density at radius 3 is 2.58 bits per heavy atom. The number of carbonyl (C=O) groups is 1. The van der Waals surface area contributed by atoms with E-state index in [1.165, 1.54) is 21.8 Å². The van der Waals surface area contributed by atoms with Gasteiger partial charge in [0.15, 0.2) is 0 Å². The molecule has 10 heteroatoms. The molecule has 1 aromatic heterocycles. The van der Waals surface area contributed by atoms with Gasteiger partial charge in [0.05, 0.1) is 12.1 Å². The molecule has 0 unspecified atom stereocenters. The number of aliphatic hydroxyl groups is 1. The molecule has 0 bridgehead atoms. The van der Waals surface area contributed by atoms with Crippen molar-refractivity contribution in [1.82, 2.24) is 14.7 Å². The number of halogens is 2. The minimum absolute atomic E-state index is 0.00366. The maximum absolute atomic E-state index is 13.5. The number of nitrogens with zero attached hydrogens (tertiary/aromatic N) is 3. The Kier molecular flexibility index (Phi) is 7.50. The molecule has 0 saturated heterocycles. The summed E-state index contributed by atoms with van der Waals surface area (Å²) in [4.78, 5) is 27.9. The molecule has 172 valence electrons. The summed E-state index contributed by atoms with van der Waals surface area (Å²) in [7, 11) is 3.25. The Morgan fingerprint density at radius 1 is 1.15 bits per heavy atom. The van der Waals surface area contributed by atoms with Gasteiger partial charge in [-0.3, -0.25) is 9.59 Å². The summed E-state index contributed by atoms with van der Waals surface area (Å²) in [5, 5.41) is 14.1. The van der Waals surface area contributed by atoms with Crippen LogP contribution in [-0.2, 0) is 16.0 Å². The number of nitrogens with one attached hydrogen (secondary N) is 1. The number of hydrogen-bond donors (Lipinski definition) is 2. The quantitative estimate of drug-likeness (QED) is 0.411. The van der Waals surface area contributed by atoms with Crippen molar-refractivity contribution in [2.75, 3.05) is 20.7 Å². The lowest BCUT2D eigenvalue weighted by atomic mass is 10.1. The van der Waals surface area contributed by atoms with E-state index in [0.29, 0.717) is 11.3 Å². The van der Waals surface area contributed by atoms with E-state index < -0.39 is 17.7 Å². The van der Waals surface area contributed by atoms with Gasteiger partial charge in [0, 0.05) is 51.0 Å². The van der Waals surface area contributed by atoms with Crippen molar-refractivity contribution in [3.8, 4) is 5.69 Å². The van der Waals surface area contributed by atoms with Gasteiger partial charge in [0.2, 0.25) is 17.0 Å². The summed E-state index contributed by atoms with van der Waals surface area (Å²) < 4.78 is 33.4. The Labute approximate surface area is 188 Å². The third-order valence-electron chi connectivity index (χ3n) is 4.60. The van der Waals surface area contributed by atoms with Gasteiger partial charge in [-0.15, -0.1) is 4.99 Å². The van der Waals surface area contributed by atoms with Crippen molar-refractivity contribution in [3.63, 3.8) is 0 Å². The molecule has 33 heavy (non-hydrogen) atoms. The summed E-state index contributed by atoms with van der Waals surface area (Å²) >= 11 is 0. The van der Waals surface area contributed by atoms with Gasteiger partial charge >= 0.3 is 6.08 Å². The SMILES string of the molecule is CN(C)C(=O)CCOC(O)=[NH+]c1cccc(Cc2nn(-c3cc(F)cc(F)c3)ccc2=O)c1. The number of aromatic nitrogens is 2. The fraction of sp³-hybridized carbons (Fsp3) is 0.217. The van der Waals surface area contributed by atoms with Gasteiger partial charge in [-0.25, -0.2) is 13.5 Å². The first-order valence-corrected chi connectivity index (χ1v) is 10.0. The Hall–Kier alpha value is -4.08. The van der Waals surface area contributed by atoms with Crippen molar-refractivity contribution in [3.05, 3.63) is 87.8 Å². The van der Waals surface area contributed by atoms with Gasteiger partial charge < -0.3 is 14.7 Å². The monoisotopic (exact) mass is 457 g/mol. The lowest BCUT2D eigenvalue weighted by Gasteiger charge is -2.09. The molecule has 0 fully saturated rings. The molecule has 8 nitrogen and oxygen atoms in total. The van der Waals surface area contributed by atoms with E-state index in [-0.39, 0.29) is 42.2 Å². The van der Waals surface area contributed by atoms with Crippen LogP contribution in [0.5, 0.6) is 0 Å². The molecule has 0 aliphatic carbocycles. The summed E-state index contributed by atoms with van der Waals surface area (Å²) in [5.41, 5.74) is 1.18. The molecule has 1 heterocycles. The largest absolute Gasteiger partial charge is 0.551 e. The van der Waals surface area contributed by atoms with Crippen molar-refractivity contribution < 1.29 is 28.4 Å². The van der Waals surface area contributed by atoms with E-state index in [9.17, 15) is 23.5 Å². The molecule has 0 radical (unpaired) electrons. The van der Waals surface area contributed by atoms with Gasteiger partial charge in [0.1, 0.15) is 23.9 Å². The zero-order chi connectivity index (χ0) is 24.0. The number of carbonyl (C=O) groups excluding carboxylic acids is 1. The second-order valence-electron chi connectivity index (χ2n) is 7.39. The maximum Gasteiger partial charge on any atom is 0.551 e. The molecule has 2 aromatic carbocycles. The summed E-state index contributed by atoms with van der Waals surface area (Å²) in [6.45, 7) is 0.00366. The van der Waals surface area contributed by atoms with E-state index in [1.807, 2.05) is 0 Å². The predicted molar refractivity (Wildman–Crippen MR) is 117 cm³/mol. The van der Waals surface area contributed by atoms with Crippen LogP contribution < -0.4 is 10.4 Å². The average Bonchev–Trinajstić information content (AvgIpc) is 2.74. The molecular formula is C23H23F2N4O4+. The van der Waals surface area contributed by atoms with Crippen LogP contribution in [0.25, 0.3) is 5.69 Å². The fourth-order valence-electron chi connectivity index (χ4n) is 2.96. The van der Waals surface area contributed by atoms with Crippen molar-refractivity contribution in [1.29, 1.82) is 0 Å². The van der Waals surface area contributed by atoms with Crippen LogP contribution >= 0.6 is 0 Å². The van der Waals surface area contributed by atoms with E-state index in [2.05, 4.69) is 10.1 Å². The Balaban J connectivity index is 1.75. The van der Waals surface area contributed by atoms with Gasteiger partial charge in [-0.1, -0.05) is 12.1 Å². The highest BCUT2D eigenvalue weighted by atomic mass is 19.1. The average molecular weight is 457 g/mol. The third kappa shape index (κ3) is 6.70. The third-order valence-corrected chi connectivity index (χ3v) is 4.60. The minimum Gasteiger partial charge on any atom is -0.430 e. The number of rotatable bonds is 7. The smallest absolute Gasteiger partial charge is 0.430 e. The molecule has 0 aliphatic heterocycles. The lowest BCUT2D eigenvalue weighted by molar-refractivity contribution is -0.382. The van der Waals surface area contributed by atoms with E-state index >= 15 is 0 Å². The van der Waals surface area contributed by atoms with Gasteiger partial charge in [-0.2, -0.15) is 5.10 Å². The highest BCUT2D eigenvalue weighted by molar-refractivity contribution is 5.75. The predicted octanol–water partition coefficient (Wildman–Crippen LogP) is 1.22. The molecule has 0 spiro atoms. The van der Waals surface area contributed by atoms with Crippen LogP contribution in [0.1, 0.15) is 17.7 Å². The second kappa shape index (κ2) is 10.5. The minimum atomic E-state index is -0.754. The zero-order valence-electron chi connectivity index (χ0n) is 18.1. The Bertz CT molecular complexity index is 1220. The van der Waals surface area contributed by atoms with Crippen LogP contribution in [0.15, 0.2) is 59.5 Å². The zero-order valence-corrected chi connectivity index (χ0v) is 18.1. The molecule has 0 atom stereocenters. The molecule has 0 aliphatic rings. The first-order valence-electron chi connectivity index (χ1n) is 10.0. The van der Waals surface area contributed by atoms with Crippen LogP contribution in [-0.4, -0.2) is 52.5 Å². The van der Waals surface area contributed by atoms with Crippen molar-refractivity contribution >= 4 is 17.7 Å². The fourth-order valence-corrected chi connectivity index (χ4v) is 2.96.